The highest BCUT2D eigenvalue weighted by Crippen LogP contribution is 2.45. The molecule has 0 saturated carbocycles. The van der Waals surface area contributed by atoms with Crippen LogP contribution < -0.4 is 9.47 Å². The predicted octanol–water partition coefficient (Wildman–Crippen LogP) is 5.92. The maximum atomic E-state index is 10.0. The molecule has 0 bridgehead atoms. The van der Waals surface area contributed by atoms with Gasteiger partial charge in [-0.05, 0) is 42.7 Å². The highest BCUT2D eigenvalue weighted by Gasteiger charge is 2.26. The third-order valence-electron chi connectivity index (χ3n) is 6.94. The van der Waals surface area contributed by atoms with E-state index in [1.165, 1.54) is 11.3 Å². The molecule has 160 valence electrons. The summed E-state index contributed by atoms with van der Waals surface area (Å²) in [5.41, 5.74) is 10.1. The lowest BCUT2D eigenvalue weighted by Gasteiger charge is -2.18. The highest BCUT2D eigenvalue weighted by molar-refractivity contribution is 6.14. The molecule has 0 N–H and O–H groups in total. The maximum Gasteiger partial charge on any atom is 0.216 e. The lowest BCUT2D eigenvalue weighted by Crippen LogP contribution is -2.30. The molecule has 5 aromatic rings. The molecule has 33 heavy (non-hydrogen) atoms. The smallest absolute Gasteiger partial charge is 0.216 e. The van der Waals surface area contributed by atoms with Crippen molar-refractivity contribution in [3.8, 4) is 28.5 Å². The Kier molecular flexibility index (Phi) is 4.28. The van der Waals surface area contributed by atoms with Gasteiger partial charge in [0.15, 0.2) is 6.20 Å². The predicted molar refractivity (Wildman–Crippen MR) is 132 cm³/mol. The lowest BCUT2D eigenvalue weighted by molar-refractivity contribution is -0.660. The van der Waals surface area contributed by atoms with Gasteiger partial charge in [0.05, 0.1) is 17.2 Å². The van der Waals surface area contributed by atoms with E-state index in [0.717, 1.165) is 62.9 Å². The van der Waals surface area contributed by atoms with Crippen LogP contribution >= 0.6 is 0 Å². The Bertz CT molecular complexity index is 1620. The van der Waals surface area contributed by atoms with Gasteiger partial charge >= 0.3 is 0 Å². The van der Waals surface area contributed by atoms with E-state index < -0.39 is 0 Å². The second kappa shape index (κ2) is 7.21. The second-order valence-corrected chi connectivity index (χ2v) is 8.89. The van der Waals surface area contributed by atoms with Crippen molar-refractivity contribution in [2.75, 3.05) is 18.5 Å². The van der Waals surface area contributed by atoms with Gasteiger partial charge in [-0.25, -0.2) is 4.57 Å². The van der Waals surface area contributed by atoms with Gasteiger partial charge in [0, 0.05) is 53.3 Å². The molecule has 0 spiro atoms. The zero-order chi connectivity index (χ0) is 22.7. The van der Waals surface area contributed by atoms with Gasteiger partial charge in [0.2, 0.25) is 5.69 Å². The minimum absolute atomic E-state index is 0.638. The summed E-state index contributed by atoms with van der Waals surface area (Å²) in [6.07, 6.45) is 3.07. The van der Waals surface area contributed by atoms with Gasteiger partial charge in [-0.1, -0.05) is 30.3 Å². The number of nitrogens with zero attached hydrogens (tertiary/aromatic N) is 3. The van der Waals surface area contributed by atoms with Crippen LogP contribution in [-0.2, 0) is 13.5 Å². The van der Waals surface area contributed by atoms with E-state index in [9.17, 15) is 5.26 Å². The molecule has 3 heterocycles. The molecule has 4 heteroatoms. The van der Waals surface area contributed by atoms with Gasteiger partial charge in [-0.2, -0.15) is 5.26 Å². The van der Waals surface area contributed by atoms with E-state index in [-0.39, 0.29) is 0 Å². The molecule has 0 saturated heterocycles. The van der Waals surface area contributed by atoms with Gasteiger partial charge < -0.3 is 9.32 Å². The number of aryl methyl sites for hydroxylation is 2. The first-order chi connectivity index (χ1) is 16.1. The Hall–Kier alpha value is -4.10. The van der Waals surface area contributed by atoms with Crippen LogP contribution in [0.15, 0.2) is 71.3 Å². The summed E-state index contributed by atoms with van der Waals surface area (Å²) >= 11 is 0. The fourth-order valence-electron chi connectivity index (χ4n) is 5.31. The van der Waals surface area contributed by atoms with E-state index in [1.54, 1.807) is 0 Å². The number of rotatable bonds is 2. The van der Waals surface area contributed by atoms with Crippen LogP contribution in [0.4, 0.5) is 5.69 Å². The molecule has 1 aliphatic heterocycles. The van der Waals surface area contributed by atoms with Gasteiger partial charge in [0.25, 0.3) is 0 Å². The molecule has 0 radical (unpaired) electrons. The van der Waals surface area contributed by atoms with E-state index in [1.807, 2.05) is 18.2 Å². The number of benzene rings is 3. The summed E-state index contributed by atoms with van der Waals surface area (Å²) < 4.78 is 8.83. The highest BCUT2D eigenvalue weighted by atomic mass is 16.3. The standard InChI is InChI=1S/C29H24N3O/c1-18-10-12-21-22-13-11-20(17-30)26(23-8-6-7-19-14-16-32(3)27(19)23)29(22)33-28(21)25(18)24-9-4-5-15-31(24)2/h4-13,15H,14,16H2,1-3H3/q+1. The Morgan fingerprint density at radius 1 is 0.939 bits per heavy atom. The number of anilines is 1. The summed E-state index contributed by atoms with van der Waals surface area (Å²) in [6, 6.07) is 23.3. The third-order valence-corrected chi connectivity index (χ3v) is 6.94. The minimum Gasteiger partial charge on any atom is -0.454 e. The monoisotopic (exact) mass is 430 g/mol. The van der Waals surface area contributed by atoms with Crippen molar-refractivity contribution in [3.05, 3.63) is 83.6 Å². The number of fused-ring (bicyclic) bond motifs is 4. The molecule has 6 rings (SSSR count). The second-order valence-electron chi connectivity index (χ2n) is 8.89. The quantitative estimate of drug-likeness (QED) is 0.327. The SMILES string of the molecule is Cc1ccc2c(oc3c(-c4cccc5c4N(C)CC5)c(C#N)ccc32)c1-c1cccc[n+]1C. The van der Waals surface area contributed by atoms with E-state index in [4.69, 9.17) is 4.42 Å². The van der Waals surface area contributed by atoms with Crippen molar-refractivity contribution in [2.24, 2.45) is 7.05 Å². The van der Waals surface area contributed by atoms with Crippen molar-refractivity contribution in [1.82, 2.24) is 0 Å². The van der Waals surface area contributed by atoms with Crippen LogP contribution in [0, 0.1) is 18.3 Å². The number of para-hydroxylation sites is 1. The summed E-state index contributed by atoms with van der Waals surface area (Å²) in [6.45, 7) is 3.10. The molecule has 0 aliphatic carbocycles. The van der Waals surface area contributed by atoms with Crippen molar-refractivity contribution in [2.45, 2.75) is 13.3 Å². The van der Waals surface area contributed by atoms with Crippen molar-refractivity contribution in [1.29, 1.82) is 5.26 Å². The average molecular weight is 431 g/mol. The number of likely N-dealkylation sites (N-methyl/N-ethyl adjacent to an activating group) is 1. The van der Waals surface area contributed by atoms with E-state index in [2.05, 4.69) is 85.2 Å². The topological polar surface area (TPSA) is 44.1 Å². The van der Waals surface area contributed by atoms with Crippen LogP contribution in [-0.4, -0.2) is 13.6 Å². The Morgan fingerprint density at radius 3 is 2.52 bits per heavy atom. The summed E-state index contributed by atoms with van der Waals surface area (Å²) in [4.78, 5) is 2.28. The van der Waals surface area contributed by atoms with Gasteiger partial charge in [-0.15, -0.1) is 0 Å². The first-order valence-electron chi connectivity index (χ1n) is 11.3. The van der Waals surface area contributed by atoms with Crippen LogP contribution in [0.3, 0.4) is 0 Å². The average Bonchev–Trinajstić information content (AvgIpc) is 3.39. The van der Waals surface area contributed by atoms with Crippen LogP contribution in [0.25, 0.3) is 44.3 Å². The molecular formula is C29H24N3O+. The third kappa shape index (κ3) is 2.79. The van der Waals surface area contributed by atoms with E-state index >= 15 is 0 Å². The summed E-state index contributed by atoms with van der Waals surface area (Å²) in [7, 11) is 4.18. The Balaban J connectivity index is 1.75. The van der Waals surface area contributed by atoms with Crippen LogP contribution in [0.1, 0.15) is 16.7 Å². The molecule has 4 nitrogen and oxygen atoms in total. The Morgan fingerprint density at radius 2 is 1.73 bits per heavy atom. The molecule has 0 unspecified atom stereocenters. The molecular weight excluding hydrogens is 406 g/mol. The molecule has 2 aromatic heterocycles. The van der Waals surface area contributed by atoms with Gasteiger partial charge in [0.1, 0.15) is 18.2 Å². The lowest BCUT2D eigenvalue weighted by atomic mass is 9.94. The molecule has 0 amide bonds. The molecule has 0 atom stereocenters. The number of nitriles is 1. The zero-order valence-electron chi connectivity index (χ0n) is 19.0. The fourth-order valence-corrected chi connectivity index (χ4v) is 5.31. The zero-order valence-corrected chi connectivity index (χ0v) is 19.0. The number of furan rings is 1. The maximum absolute atomic E-state index is 10.0. The number of pyridine rings is 1. The number of hydrogen-bond donors (Lipinski definition) is 0. The van der Waals surface area contributed by atoms with Crippen LogP contribution in [0.5, 0.6) is 0 Å². The number of aromatic nitrogens is 1. The first-order valence-corrected chi connectivity index (χ1v) is 11.3. The van der Waals surface area contributed by atoms with Crippen molar-refractivity contribution in [3.63, 3.8) is 0 Å². The largest absolute Gasteiger partial charge is 0.454 e. The minimum atomic E-state index is 0.638. The summed E-state index contributed by atoms with van der Waals surface area (Å²) in [5.74, 6) is 0. The van der Waals surface area contributed by atoms with Crippen molar-refractivity contribution < 1.29 is 8.98 Å². The molecule has 0 fully saturated rings. The van der Waals surface area contributed by atoms with Crippen LogP contribution in [0.2, 0.25) is 0 Å². The van der Waals surface area contributed by atoms with E-state index in [0.29, 0.717) is 5.56 Å². The normalized spacial score (nSPS) is 13.0. The number of hydrogen-bond acceptors (Lipinski definition) is 3. The van der Waals surface area contributed by atoms with Gasteiger partial charge in [-0.3, -0.25) is 0 Å². The molecule has 3 aromatic carbocycles. The Labute approximate surface area is 192 Å². The molecule has 1 aliphatic rings. The fraction of sp³-hybridized carbons (Fsp3) is 0.172. The first kappa shape index (κ1) is 19.6. The summed E-state index contributed by atoms with van der Waals surface area (Å²) in [5, 5.41) is 12.1. The van der Waals surface area contributed by atoms with Crippen molar-refractivity contribution >= 4 is 27.6 Å².